The van der Waals surface area contributed by atoms with Crippen LogP contribution in [0.5, 0.6) is 0 Å². The van der Waals surface area contributed by atoms with Crippen LogP contribution in [-0.4, -0.2) is 56.7 Å². The molecule has 0 atom stereocenters. The summed E-state index contributed by atoms with van der Waals surface area (Å²) in [5, 5.41) is 3.40. The van der Waals surface area contributed by atoms with Crippen molar-refractivity contribution in [3.05, 3.63) is 0 Å². The summed E-state index contributed by atoms with van der Waals surface area (Å²) < 4.78 is 5.13. The molecule has 0 aromatic carbocycles. The molecule has 2 heterocycles. The Morgan fingerprint density at radius 2 is 2.00 bits per heavy atom. The highest BCUT2D eigenvalue weighted by Gasteiger charge is 2.40. The molecule has 0 saturated carbocycles. The molecule has 0 aromatic rings. The number of nitrogens with two attached hydrogens (primary N) is 1. The van der Waals surface area contributed by atoms with E-state index in [1.165, 1.54) is 12.8 Å². The molecular formula is C14H27N3O2. The van der Waals surface area contributed by atoms with Crippen LogP contribution >= 0.6 is 0 Å². The minimum absolute atomic E-state index is 0.144. The summed E-state index contributed by atoms with van der Waals surface area (Å²) in [6.45, 7) is 4.85. The molecule has 3 N–H and O–H groups in total. The van der Waals surface area contributed by atoms with Crippen LogP contribution in [0, 0.1) is 5.41 Å². The summed E-state index contributed by atoms with van der Waals surface area (Å²) in [6, 6.07) is 0.689. The zero-order valence-electron chi connectivity index (χ0n) is 12.0. The van der Waals surface area contributed by atoms with E-state index in [1.54, 1.807) is 7.11 Å². The average Bonchev–Trinajstić information content (AvgIpc) is 2.46. The molecule has 2 aliphatic rings. The van der Waals surface area contributed by atoms with E-state index in [2.05, 4.69) is 10.2 Å². The fraction of sp³-hybridized carbons (Fsp3) is 0.929. The number of ether oxygens (including phenoxy) is 1. The normalized spacial score (nSPS) is 25.3. The average molecular weight is 269 g/mol. The number of hydrogen-bond donors (Lipinski definition) is 2. The van der Waals surface area contributed by atoms with Crippen LogP contribution in [0.3, 0.4) is 0 Å². The van der Waals surface area contributed by atoms with E-state index in [9.17, 15) is 4.79 Å². The zero-order valence-corrected chi connectivity index (χ0v) is 12.0. The van der Waals surface area contributed by atoms with Gasteiger partial charge in [0.05, 0.1) is 5.41 Å². The molecule has 1 amide bonds. The van der Waals surface area contributed by atoms with Crippen LogP contribution in [0.15, 0.2) is 0 Å². The first kappa shape index (κ1) is 14.8. The number of carbonyl (C=O) groups excluding carboxylic acids is 1. The number of nitrogens with one attached hydrogen (secondary N) is 1. The molecule has 2 aliphatic heterocycles. The van der Waals surface area contributed by atoms with Gasteiger partial charge in [0.25, 0.3) is 0 Å². The molecule has 0 radical (unpaired) electrons. The maximum absolute atomic E-state index is 11.8. The molecule has 2 saturated heterocycles. The summed E-state index contributed by atoms with van der Waals surface area (Å²) in [7, 11) is 1.68. The highest BCUT2D eigenvalue weighted by molar-refractivity contribution is 5.81. The maximum atomic E-state index is 11.8. The van der Waals surface area contributed by atoms with Gasteiger partial charge in [-0.05, 0) is 58.3 Å². The van der Waals surface area contributed by atoms with E-state index in [-0.39, 0.29) is 11.3 Å². The monoisotopic (exact) mass is 269 g/mol. The Balaban J connectivity index is 1.89. The van der Waals surface area contributed by atoms with E-state index in [0.717, 1.165) is 45.4 Å². The lowest BCUT2D eigenvalue weighted by Crippen LogP contribution is -2.52. The number of methoxy groups -OCH3 is 1. The molecule has 0 aliphatic carbocycles. The lowest BCUT2D eigenvalue weighted by atomic mass is 9.74. The summed E-state index contributed by atoms with van der Waals surface area (Å²) in [6.07, 6.45) is 4.98. The van der Waals surface area contributed by atoms with E-state index >= 15 is 0 Å². The molecule has 0 unspecified atom stereocenters. The van der Waals surface area contributed by atoms with Gasteiger partial charge in [0.1, 0.15) is 0 Å². The molecule has 0 aromatic heterocycles. The van der Waals surface area contributed by atoms with Crippen LogP contribution in [0.4, 0.5) is 0 Å². The molecule has 2 fully saturated rings. The third-order valence-corrected chi connectivity index (χ3v) is 4.89. The predicted octanol–water partition coefficient (Wildman–Crippen LogP) is 0.342. The van der Waals surface area contributed by atoms with E-state index in [4.69, 9.17) is 10.5 Å². The molecular weight excluding hydrogens is 242 g/mol. The Bertz CT molecular complexity index is 295. The van der Waals surface area contributed by atoms with Crippen molar-refractivity contribution in [2.45, 2.75) is 38.1 Å². The second-order valence-corrected chi connectivity index (χ2v) is 5.90. The highest BCUT2D eigenvalue weighted by atomic mass is 16.5. The molecule has 5 heteroatoms. The van der Waals surface area contributed by atoms with Gasteiger partial charge in [0.2, 0.25) is 5.91 Å². The Morgan fingerprint density at radius 3 is 2.53 bits per heavy atom. The second-order valence-electron chi connectivity index (χ2n) is 5.90. The zero-order chi connectivity index (χ0) is 13.7. The van der Waals surface area contributed by atoms with E-state index in [1.807, 2.05) is 0 Å². The van der Waals surface area contributed by atoms with Crippen molar-refractivity contribution in [1.29, 1.82) is 0 Å². The molecule has 2 rings (SSSR count). The van der Waals surface area contributed by atoms with Gasteiger partial charge in [-0.15, -0.1) is 0 Å². The SMILES string of the molecule is COCCC1(C(N)=O)CCN(C2CCNCC2)CC1. The van der Waals surface area contributed by atoms with Gasteiger partial charge in [0, 0.05) is 19.8 Å². The van der Waals surface area contributed by atoms with Gasteiger partial charge < -0.3 is 20.7 Å². The Kier molecular flexibility index (Phi) is 5.19. The minimum Gasteiger partial charge on any atom is -0.385 e. The number of nitrogens with zero attached hydrogens (tertiary/aromatic N) is 1. The number of likely N-dealkylation sites (tertiary alicyclic amines) is 1. The lowest BCUT2D eigenvalue weighted by Gasteiger charge is -2.44. The number of piperidine rings is 2. The summed E-state index contributed by atoms with van der Waals surface area (Å²) in [5.41, 5.74) is 5.31. The van der Waals surface area contributed by atoms with Crippen molar-refractivity contribution >= 4 is 5.91 Å². The van der Waals surface area contributed by atoms with Crippen molar-refractivity contribution in [2.75, 3.05) is 39.9 Å². The van der Waals surface area contributed by atoms with Gasteiger partial charge in [-0.2, -0.15) is 0 Å². The van der Waals surface area contributed by atoms with Crippen molar-refractivity contribution < 1.29 is 9.53 Å². The summed E-state index contributed by atoms with van der Waals surface area (Å²) in [5.74, 6) is -0.144. The quantitative estimate of drug-likeness (QED) is 0.755. The second kappa shape index (κ2) is 6.68. The van der Waals surface area contributed by atoms with Gasteiger partial charge >= 0.3 is 0 Å². The number of rotatable bonds is 5. The largest absolute Gasteiger partial charge is 0.385 e. The Labute approximate surface area is 115 Å². The number of carbonyl (C=O) groups is 1. The number of primary amides is 1. The highest BCUT2D eigenvalue weighted by Crippen LogP contribution is 2.36. The molecule has 19 heavy (non-hydrogen) atoms. The smallest absolute Gasteiger partial charge is 0.223 e. The molecule has 0 spiro atoms. The number of amides is 1. The van der Waals surface area contributed by atoms with E-state index in [0.29, 0.717) is 12.6 Å². The summed E-state index contributed by atoms with van der Waals surface area (Å²) in [4.78, 5) is 14.4. The van der Waals surface area contributed by atoms with Gasteiger partial charge in [0.15, 0.2) is 0 Å². The minimum atomic E-state index is -0.334. The first-order valence-electron chi connectivity index (χ1n) is 7.41. The van der Waals surface area contributed by atoms with Crippen LogP contribution in [-0.2, 0) is 9.53 Å². The number of hydrogen-bond acceptors (Lipinski definition) is 4. The Hall–Kier alpha value is -0.650. The van der Waals surface area contributed by atoms with Crippen molar-refractivity contribution in [1.82, 2.24) is 10.2 Å². The van der Waals surface area contributed by atoms with Crippen molar-refractivity contribution in [3.63, 3.8) is 0 Å². The summed E-state index contributed by atoms with van der Waals surface area (Å²) >= 11 is 0. The van der Waals surface area contributed by atoms with Crippen LogP contribution in [0.1, 0.15) is 32.1 Å². The van der Waals surface area contributed by atoms with Crippen molar-refractivity contribution in [3.8, 4) is 0 Å². The standard InChI is InChI=1S/C14H27N3O2/c1-19-11-6-14(13(15)18)4-9-17(10-5-14)12-2-7-16-8-3-12/h12,16H,2-11H2,1H3,(H2,15,18). The fourth-order valence-electron chi connectivity index (χ4n) is 3.41. The maximum Gasteiger partial charge on any atom is 0.223 e. The third-order valence-electron chi connectivity index (χ3n) is 4.89. The Morgan fingerprint density at radius 1 is 1.37 bits per heavy atom. The molecule has 110 valence electrons. The topological polar surface area (TPSA) is 67.6 Å². The van der Waals surface area contributed by atoms with Crippen molar-refractivity contribution in [2.24, 2.45) is 11.1 Å². The first-order valence-corrected chi connectivity index (χ1v) is 7.41. The molecule has 5 nitrogen and oxygen atoms in total. The van der Waals surface area contributed by atoms with Gasteiger partial charge in [-0.25, -0.2) is 0 Å². The lowest BCUT2D eigenvalue weighted by molar-refractivity contribution is -0.132. The predicted molar refractivity (Wildman–Crippen MR) is 74.8 cm³/mol. The van der Waals surface area contributed by atoms with Crippen LogP contribution in [0.2, 0.25) is 0 Å². The van der Waals surface area contributed by atoms with Crippen LogP contribution in [0.25, 0.3) is 0 Å². The third kappa shape index (κ3) is 3.46. The van der Waals surface area contributed by atoms with Gasteiger partial charge in [-0.1, -0.05) is 0 Å². The first-order chi connectivity index (χ1) is 9.18. The van der Waals surface area contributed by atoms with Gasteiger partial charge in [-0.3, -0.25) is 4.79 Å². The fourth-order valence-corrected chi connectivity index (χ4v) is 3.41. The van der Waals surface area contributed by atoms with E-state index < -0.39 is 0 Å². The molecule has 0 bridgehead atoms. The van der Waals surface area contributed by atoms with Crippen LogP contribution < -0.4 is 11.1 Å².